The number of hydrogen-bond donors (Lipinski definition) is 0. The van der Waals surface area contributed by atoms with Gasteiger partial charge >= 0.3 is 19.1 Å². The zero-order valence-electron chi connectivity index (χ0n) is 18.7. The molecule has 1 fully saturated rings. The summed E-state index contributed by atoms with van der Waals surface area (Å²) in [7, 11) is -0.470. The molecule has 2 aliphatic rings. The molecule has 3 rings (SSSR count). The molecule has 1 heterocycles. The molecule has 0 aromatic heterocycles. The van der Waals surface area contributed by atoms with Crippen LogP contribution in [0.5, 0.6) is 0 Å². The zero-order chi connectivity index (χ0) is 22.2. The number of esters is 2. The molecule has 1 aliphatic heterocycles. The second-order valence-electron chi connectivity index (χ2n) is 8.99. The number of rotatable bonds is 5. The van der Waals surface area contributed by atoms with Crippen molar-refractivity contribution in [3.63, 3.8) is 0 Å². The lowest BCUT2D eigenvalue weighted by Crippen LogP contribution is -2.46. The van der Waals surface area contributed by atoms with Gasteiger partial charge < -0.3 is 18.8 Å². The van der Waals surface area contributed by atoms with Gasteiger partial charge in [-0.3, -0.25) is 0 Å². The third-order valence-corrected chi connectivity index (χ3v) is 6.37. The molecule has 1 unspecified atom stereocenters. The summed E-state index contributed by atoms with van der Waals surface area (Å²) in [6.07, 6.45) is 2.95. The van der Waals surface area contributed by atoms with Crippen molar-refractivity contribution >= 4 is 19.1 Å². The molecule has 1 aromatic rings. The molecule has 0 N–H and O–H groups in total. The normalized spacial score (nSPS) is 24.9. The maximum absolute atomic E-state index is 12.9. The number of hydrogen-bond acceptors (Lipinski definition) is 6. The Hall–Kier alpha value is -2.12. The molecule has 0 spiro atoms. The largest absolute Gasteiger partial charge is 0.490 e. The van der Waals surface area contributed by atoms with Crippen molar-refractivity contribution in [3.05, 3.63) is 46.9 Å². The molecule has 0 radical (unpaired) electrons. The van der Waals surface area contributed by atoms with Crippen LogP contribution in [-0.2, 0) is 23.6 Å². The second-order valence-corrected chi connectivity index (χ2v) is 8.99. The monoisotopic (exact) mass is 414 g/mol. The van der Waals surface area contributed by atoms with E-state index in [0.717, 1.165) is 11.0 Å². The van der Waals surface area contributed by atoms with Gasteiger partial charge in [-0.25, -0.2) is 9.59 Å². The quantitative estimate of drug-likeness (QED) is 0.532. The van der Waals surface area contributed by atoms with Crippen molar-refractivity contribution < 1.29 is 28.4 Å². The van der Waals surface area contributed by atoms with Crippen LogP contribution in [0.15, 0.2) is 35.8 Å². The van der Waals surface area contributed by atoms with Gasteiger partial charge in [-0.15, -0.1) is 0 Å². The maximum Gasteiger partial charge on any atom is 0.490 e. The van der Waals surface area contributed by atoms with E-state index in [1.54, 1.807) is 19.1 Å². The molecule has 0 saturated carbocycles. The lowest BCUT2D eigenvalue weighted by atomic mass is 9.69. The van der Waals surface area contributed by atoms with Crippen LogP contribution in [-0.4, -0.2) is 42.5 Å². The number of allylic oxidation sites excluding steroid dienone is 1. The average molecular weight is 414 g/mol. The van der Waals surface area contributed by atoms with Crippen molar-refractivity contribution in [2.24, 2.45) is 0 Å². The van der Waals surface area contributed by atoms with Crippen LogP contribution in [0.2, 0.25) is 0 Å². The Morgan fingerprint density at radius 2 is 1.73 bits per heavy atom. The molecular weight excluding hydrogens is 383 g/mol. The molecule has 6 nitrogen and oxygen atoms in total. The SMILES string of the molecule is CCOC(=O)C1(OC(=O)c2ccccc2C)CC=C(B2OC(C)(C)C(C)(C)O2)CC1. The minimum Gasteiger partial charge on any atom is -0.463 e. The van der Waals surface area contributed by atoms with Crippen LogP contribution in [0.25, 0.3) is 0 Å². The minimum absolute atomic E-state index is 0.219. The summed E-state index contributed by atoms with van der Waals surface area (Å²) in [5, 5.41) is 0. The van der Waals surface area contributed by atoms with Gasteiger partial charge in [0.1, 0.15) is 0 Å². The third kappa shape index (κ3) is 4.19. The second kappa shape index (κ2) is 8.19. The first-order valence-corrected chi connectivity index (χ1v) is 10.5. The van der Waals surface area contributed by atoms with E-state index in [4.69, 9.17) is 18.8 Å². The summed E-state index contributed by atoms with van der Waals surface area (Å²) in [6.45, 7) is 11.8. The highest BCUT2D eigenvalue weighted by molar-refractivity contribution is 6.54. The summed E-state index contributed by atoms with van der Waals surface area (Å²) >= 11 is 0. The fourth-order valence-electron chi connectivity index (χ4n) is 3.67. The first kappa shape index (κ1) is 22.6. The Kier molecular flexibility index (Phi) is 6.16. The minimum atomic E-state index is -1.34. The molecule has 7 heteroatoms. The van der Waals surface area contributed by atoms with E-state index in [1.165, 1.54) is 0 Å². The standard InChI is InChI=1S/C23H31BO6/c1-7-27-20(26)23(28-19(25)18-11-9-8-10-16(18)2)14-12-17(13-15-23)24-29-21(3,4)22(5,6)30-24/h8-12H,7,13-15H2,1-6H3. The molecule has 1 atom stereocenters. The highest BCUT2D eigenvalue weighted by Crippen LogP contribution is 2.42. The van der Waals surface area contributed by atoms with Crippen LogP contribution in [0.3, 0.4) is 0 Å². The molecule has 162 valence electrons. The molecule has 0 amide bonds. The Morgan fingerprint density at radius 3 is 2.27 bits per heavy atom. The molecule has 1 saturated heterocycles. The highest BCUT2D eigenvalue weighted by Gasteiger charge is 2.54. The van der Waals surface area contributed by atoms with Crippen molar-refractivity contribution in [2.75, 3.05) is 6.61 Å². The van der Waals surface area contributed by atoms with Gasteiger partial charge in [-0.1, -0.05) is 24.3 Å². The predicted molar refractivity (Wildman–Crippen MR) is 114 cm³/mol. The molecule has 1 aliphatic carbocycles. The molecular formula is C23H31BO6. The molecule has 0 bridgehead atoms. The van der Waals surface area contributed by atoms with Gasteiger partial charge in [-0.05, 0) is 65.1 Å². The smallest absolute Gasteiger partial charge is 0.463 e. The highest BCUT2D eigenvalue weighted by atomic mass is 16.7. The topological polar surface area (TPSA) is 71.1 Å². The van der Waals surface area contributed by atoms with E-state index in [2.05, 4.69) is 0 Å². The van der Waals surface area contributed by atoms with E-state index in [-0.39, 0.29) is 13.0 Å². The first-order chi connectivity index (χ1) is 14.0. The van der Waals surface area contributed by atoms with Crippen LogP contribution in [0.4, 0.5) is 0 Å². The van der Waals surface area contributed by atoms with Crippen molar-refractivity contribution in [3.8, 4) is 0 Å². The van der Waals surface area contributed by atoms with Gasteiger partial charge in [0.15, 0.2) is 0 Å². The average Bonchev–Trinajstić information content (AvgIpc) is 2.90. The van der Waals surface area contributed by atoms with Crippen LogP contribution >= 0.6 is 0 Å². The van der Waals surface area contributed by atoms with Gasteiger partial charge in [0.25, 0.3) is 0 Å². The van der Waals surface area contributed by atoms with E-state index < -0.39 is 35.9 Å². The number of carbonyl (C=O) groups is 2. The summed E-state index contributed by atoms with van der Waals surface area (Å²) in [4.78, 5) is 25.7. The van der Waals surface area contributed by atoms with Crippen molar-refractivity contribution in [1.29, 1.82) is 0 Å². The van der Waals surface area contributed by atoms with E-state index >= 15 is 0 Å². The summed E-state index contributed by atoms with van der Waals surface area (Å²) in [5.74, 6) is -1.04. The summed E-state index contributed by atoms with van der Waals surface area (Å²) < 4.78 is 23.3. The Balaban J connectivity index is 1.82. The van der Waals surface area contributed by atoms with Crippen molar-refractivity contribution in [1.82, 2.24) is 0 Å². The van der Waals surface area contributed by atoms with E-state index in [9.17, 15) is 9.59 Å². The molecule has 1 aromatic carbocycles. The van der Waals surface area contributed by atoms with Gasteiger partial charge in [0.05, 0.1) is 23.4 Å². The summed E-state index contributed by atoms with van der Waals surface area (Å²) in [6, 6.07) is 7.17. The Labute approximate surface area is 179 Å². The van der Waals surface area contributed by atoms with Gasteiger partial charge in [-0.2, -0.15) is 0 Å². The van der Waals surface area contributed by atoms with Crippen molar-refractivity contribution in [2.45, 2.75) is 77.6 Å². The Morgan fingerprint density at radius 1 is 1.10 bits per heavy atom. The van der Waals surface area contributed by atoms with Crippen LogP contribution in [0, 0.1) is 6.92 Å². The van der Waals surface area contributed by atoms with Crippen LogP contribution < -0.4 is 0 Å². The van der Waals surface area contributed by atoms with E-state index in [1.807, 2.05) is 52.8 Å². The predicted octanol–water partition coefficient (Wildman–Crippen LogP) is 4.20. The summed E-state index contributed by atoms with van der Waals surface area (Å²) in [5.41, 5.74) is -0.0207. The fourth-order valence-corrected chi connectivity index (χ4v) is 3.67. The number of ether oxygens (including phenoxy) is 2. The fraction of sp³-hybridized carbons (Fsp3) is 0.565. The zero-order valence-corrected chi connectivity index (χ0v) is 18.7. The van der Waals surface area contributed by atoms with E-state index in [0.29, 0.717) is 18.4 Å². The van der Waals surface area contributed by atoms with Crippen LogP contribution in [0.1, 0.15) is 69.8 Å². The Bertz CT molecular complexity index is 843. The van der Waals surface area contributed by atoms with Gasteiger partial charge in [0.2, 0.25) is 5.60 Å². The first-order valence-electron chi connectivity index (χ1n) is 10.5. The lowest BCUT2D eigenvalue weighted by Gasteiger charge is -2.34. The molecule has 30 heavy (non-hydrogen) atoms. The number of aryl methyl sites for hydroxylation is 1. The maximum atomic E-state index is 12.9. The van der Waals surface area contributed by atoms with Gasteiger partial charge in [0, 0.05) is 12.8 Å². The lowest BCUT2D eigenvalue weighted by molar-refractivity contribution is -0.166. The third-order valence-electron chi connectivity index (χ3n) is 6.37. The number of benzene rings is 1. The number of carbonyl (C=O) groups excluding carboxylic acids is 2.